The number of hydrogen-bond acceptors (Lipinski definition) is 2. The highest BCUT2D eigenvalue weighted by Gasteiger charge is 2.14. The van der Waals surface area contributed by atoms with Gasteiger partial charge in [-0.3, -0.25) is 9.89 Å². The van der Waals surface area contributed by atoms with Crippen LogP contribution in [0.2, 0.25) is 0 Å². The number of benzene rings is 1. The number of nitrogens with zero attached hydrogens (tertiary/aromatic N) is 2. The molecule has 0 fully saturated rings. The standard InChI is InChI=1S/C13H11BrN4O/c1-18-7-8(14)6-11(18)13(19)15-12-9-4-2-3-5-10(9)16-17-12/h2-7H,1H3,(H2,15,16,17,19). The number of aromatic amines is 1. The predicted octanol–water partition coefficient (Wildman–Crippen LogP) is 2.92. The van der Waals surface area contributed by atoms with Crippen molar-refractivity contribution in [3.05, 3.63) is 46.7 Å². The molecule has 19 heavy (non-hydrogen) atoms. The van der Waals surface area contributed by atoms with Crippen LogP contribution in [-0.2, 0) is 7.05 Å². The zero-order valence-electron chi connectivity index (χ0n) is 10.1. The minimum absolute atomic E-state index is 0.189. The van der Waals surface area contributed by atoms with Gasteiger partial charge in [0.25, 0.3) is 5.91 Å². The maximum atomic E-state index is 12.2. The summed E-state index contributed by atoms with van der Waals surface area (Å²) in [6.07, 6.45) is 1.83. The first-order valence-corrected chi connectivity index (χ1v) is 6.51. The highest BCUT2D eigenvalue weighted by molar-refractivity contribution is 9.10. The van der Waals surface area contributed by atoms with E-state index in [2.05, 4.69) is 31.4 Å². The largest absolute Gasteiger partial charge is 0.345 e. The average Bonchev–Trinajstić information content (AvgIpc) is 2.94. The monoisotopic (exact) mass is 318 g/mol. The van der Waals surface area contributed by atoms with E-state index in [4.69, 9.17) is 0 Å². The van der Waals surface area contributed by atoms with Crippen LogP contribution in [-0.4, -0.2) is 20.7 Å². The lowest BCUT2D eigenvalue weighted by atomic mass is 10.2. The molecule has 3 aromatic rings. The lowest BCUT2D eigenvalue weighted by molar-refractivity contribution is 0.101. The highest BCUT2D eigenvalue weighted by atomic mass is 79.9. The Kier molecular flexibility index (Phi) is 2.87. The van der Waals surface area contributed by atoms with Crippen LogP contribution in [0.15, 0.2) is 41.0 Å². The quantitative estimate of drug-likeness (QED) is 0.763. The van der Waals surface area contributed by atoms with Gasteiger partial charge in [-0.2, -0.15) is 5.10 Å². The first-order valence-electron chi connectivity index (χ1n) is 5.71. The lowest BCUT2D eigenvalue weighted by Gasteiger charge is -2.03. The molecule has 5 nitrogen and oxygen atoms in total. The Morgan fingerprint density at radius 2 is 2.21 bits per heavy atom. The zero-order chi connectivity index (χ0) is 13.4. The molecule has 6 heteroatoms. The van der Waals surface area contributed by atoms with Crippen LogP contribution >= 0.6 is 15.9 Å². The van der Waals surface area contributed by atoms with Crippen LogP contribution in [0, 0.1) is 0 Å². The van der Waals surface area contributed by atoms with E-state index in [0.717, 1.165) is 15.4 Å². The van der Waals surface area contributed by atoms with Crippen LogP contribution < -0.4 is 5.32 Å². The van der Waals surface area contributed by atoms with E-state index >= 15 is 0 Å². The molecular weight excluding hydrogens is 308 g/mol. The molecule has 0 radical (unpaired) electrons. The van der Waals surface area contributed by atoms with E-state index in [-0.39, 0.29) is 5.91 Å². The summed E-state index contributed by atoms with van der Waals surface area (Å²) < 4.78 is 2.63. The van der Waals surface area contributed by atoms with Crippen molar-refractivity contribution in [2.45, 2.75) is 0 Å². The van der Waals surface area contributed by atoms with Crippen molar-refractivity contribution in [1.82, 2.24) is 14.8 Å². The Morgan fingerprint density at radius 1 is 1.42 bits per heavy atom. The van der Waals surface area contributed by atoms with E-state index in [1.807, 2.05) is 37.5 Å². The Labute approximate surface area is 117 Å². The lowest BCUT2D eigenvalue weighted by Crippen LogP contribution is -2.15. The minimum Gasteiger partial charge on any atom is -0.345 e. The van der Waals surface area contributed by atoms with E-state index in [1.54, 1.807) is 10.6 Å². The fraction of sp³-hybridized carbons (Fsp3) is 0.0769. The van der Waals surface area contributed by atoms with Crippen molar-refractivity contribution >= 4 is 38.6 Å². The summed E-state index contributed by atoms with van der Waals surface area (Å²) in [6.45, 7) is 0. The summed E-state index contributed by atoms with van der Waals surface area (Å²) in [5, 5.41) is 10.7. The fourth-order valence-corrected chi connectivity index (χ4v) is 2.50. The third kappa shape index (κ3) is 2.15. The Morgan fingerprint density at radius 3 is 2.95 bits per heavy atom. The number of halogens is 1. The molecule has 1 amide bonds. The number of carbonyl (C=O) groups excluding carboxylic acids is 1. The summed E-state index contributed by atoms with van der Waals surface area (Å²) in [5.41, 5.74) is 1.46. The van der Waals surface area contributed by atoms with Crippen molar-refractivity contribution < 1.29 is 4.79 Å². The number of para-hydroxylation sites is 1. The van der Waals surface area contributed by atoms with Crippen molar-refractivity contribution in [1.29, 1.82) is 0 Å². The summed E-state index contributed by atoms with van der Waals surface area (Å²) in [4.78, 5) is 12.2. The molecular formula is C13H11BrN4O. The number of fused-ring (bicyclic) bond motifs is 1. The van der Waals surface area contributed by atoms with Gasteiger partial charge in [0.05, 0.1) is 5.52 Å². The number of aromatic nitrogens is 3. The van der Waals surface area contributed by atoms with E-state index in [9.17, 15) is 4.79 Å². The van der Waals surface area contributed by atoms with Crippen LogP contribution in [0.25, 0.3) is 10.9 Å². The van der Waals surface area contributed by atoms with Crippen molar-refractivity contribution in [3.63, 3.8) is 0 Å². The van der Waals surface area contributed by atoms with Gasteiger partial charge in [0.15, 0.2) is 5.82 Å². The number of amides is 1. The molecule has 2 aromatic heterocycles. The molecule has 96 valence electrons. The fourth-order valence-electron chi connectivity index (χ4n) is 1.98. The van der Waals surface area contributed by atoms with E-state index < -0.39 is 0 Å². The van der Waals surface area contributed by atoms with E-state index in [1.165, 1.54) is 0 Å². The first kappa shape index (κ1) is 12.0. The topological polar surface area (TPSA) is 62.7 Å². The van der Waals surface area contributed by atoms with Gasteiger partial charge in [-0.15, -0.1) is 0 Å². The molecule has 0 aliphatic rings. The summed E-state index contributed by atoms with van der Waals surface area (Å²) in [7, 11) is 1.82. The van der Waals surface area contributed by atoms with Gasteiger partial charge in [-0.05, 0) is 34.1 Å². The second-order valence-electron chi connectivity index (χ2n) is 4.23. The molecule has 0 spiro atoms. The molecule has 1 aromatic carbocycles. The van der Waals surface area contributed by atoms with E-state index in [0.29, 0.717) is 11.5 Å². The highest BCUT2D eigenvalue weighted by Crippen LogP contribution is 2.21. The molecule has 0 aliphatic carbocycles. The number of anilines is 1. The summed E-state index contributed by atoms with van der Waals surface area (Å²) in [6, 6.07) is 9.42. The Hall–Kier alpha value is -2.08. The smallest absolute Gasteiger partial charge is 0.273 e. The van der Waals surface area contributed by atoms with Crippen molar-refractivity contribution in [3.8, 4) is 0 Å². The Bertz CT molecular complexity index is 759. The van der Waals surface area contributed by atoms with Crippen LogP contribution in [0.5, 0.6) is 0 Å². The minimum atomic E-state index is -0.189. The van der Waals surface area contributed by atoms with Gasteiger partial charge in [-0.1, -0.05) is 12.1 Å². The van der Waals surface area contributed by atoms with Crippen LogP contribution in [0.1, 0.15) is 10.5 Å². The van der Waals surface area contributed by atoms with Gasteiger partial charge in [-0.25, -0.2) is 0 Å². The molecule has 3 rings (SSSR count). The van der Waals surface area contributed by atoms with Crippen molar-refractivity contribution in [2.75, 3.05) is 5.32 Å². The molecule has 0 saturated heterocycles. The van der Waals surface area contributed by atoms with Gasteiger partial charge in [0.1, 0.15) is 5.69 Å². The third-order valence-electron chi connectivity index (χ3n) is 2.91. The van der Waals surface area contributed by atoms with Crippen LogP contribution in [0.3, 0.4) is 0 Å². The van der Waals surface area contributed by atoms with Gasteiger partial charge in [0, 0.05) is 23.1 Å². The predicted molar refractivity (Wildman–Crippen MR) is 77.2 cm³/mol. The molecule has 2 heterocycles. The number of nitrogens with one attached hydrogen (secondary N) is 2. The summed E-state index contributed by atoms with van der Waals surface area (Å²) in [5.74, 6) is 0.350. The second-order valence-corrected chi connectivity index (χ2v) is 5.14. The SMILES string of the molecule is Cn1cc(Br)cc1C(=O)Nc1n[nH]c2ccccc12. The van der Waals surface area contributed by atoms with Gasteiger partial charge in [0.2, 0.25) is 0 Å². The average molecular weight is 319 g/mol. The third-order valence-corrected chi connectivity index (χ3v) is 3.34. The number of aryl methyl sites for hydroxylation is 1. The van der Waals surface area contributed by atoms with Crippen molar-refractivity contribution in [2.24, 2.45) is 7.05 Å². The molecule has 0 unspecified atom stereocenters. The Balaban J connectivity index is 1.93. The maximum absolute atomic E-state index is 12.2. The molecule has 0 atom stereocenters. The van der Waals surface area contributed by atoms with Gasteiger partial charge < -0.3 is 9.88 Å². The number of H-pyrrole nitrogens is 1. The first-order chi connectivity index (χ1) is 9.15. The number of hydrogen-bond donors (Lipinski definition) is 2. The van der Waals surface area contributed by atoms with Gasteiger partial charge >= 0.3 is 0 Å². The number of carbonyl (C=O) groups is 1. The van der Waals surface area contributed by atoms with Crippen LogP contribution in [0.4, 0.5) is 5.82 Å². The molecule has 0 bridgehead atoms. The maximum Gasteiger partial charge on any atom is 0.273 e. The zero-order valence-corrected chi connectivity index (χ0v) is 11.7. The normalized spacial score (nSPS) is 10.8. The number of rotatable bonds is 2. The summed E-state index contributed by atoms with van der Waals surface area (Å²) >= 11 is 3.35. The molecule has 2 N–H and O–H groups in total. The molecule has 0 saturated carbocycles. The second kappa shape index (κ2) is 4.55. The molecule has 0 aliphatic heterocycles.